The van der Waals surface area contributed by atoms with Gasteiger partial charge in [0.1, 0.15) is 0 Å². The van der Waals surface area contributed by atoms with Crippen LogP contribution in [-0.4, -0.2) is 22.2 Å². The van der Waals surface area contributed by atoms with Gasteiger partial charge in [0.05, 0.1) is 6.20 Å². The smallest absolute Gasteiger partial charge is 0.220 e. The molecule has 2 rings (SSSR count). The Kier molecular flexibility index (Phi) is 5.99. The predicted molar refractivity (Wildman–Crippen MR) is 87.1 cm³/mol. The van der Waals surface area contributed by atoms with Gasteiger partial charge in [-0.25, -0.2) is 0 Å². The third kappa shape index (κ3) is 5.34. The zero-order valence-electron chi connectivity index (χ0n) is 12.2. The van der Waals surface area contributed by atoms with Gasteiger partial charge in [0.2, 0.25) is 5.91 Å². The molecule has 5 heteroatoms. The second-order valence-corrected chi connectivity index (χ2v) is 5.93. The van der Waals surface area contributed by atoms with E-state index < -0.39 is 0 Å². The highest BCUT2D eigenvalue weighted by Gasteiger charge is 2.04. The number of halogens is 1. The van der Waals surface area contributed by atoms with E-state index in [4.69, 9.17) is 0 Å². The maximum atomic E-state index is 11.8. The van der Waals surface area contributed by atoms with Crippen molar-refractivity contribution in [3.05, 3.63) is 52.3 Å². The summed E-state index contributed by atoms with van der Waals surface area (Å²) >= 11 is 3.50. The van der Waals surface area contributed by atoms with Crippen LogP contribution in [-0.2, 0) is 17.8 Å². The Morgan fingerprint density at radius 2 is 2.19 bits per heavy atom. The summed E-state index contributed by atoms with van der Waals surface area (Å²) in [5, 5.41) is 7.17. The first-order chi connectivity index (χ1) is 10.1. The number of hydrogen-bond acceptors (Lipinski definition) is 2. The monoisotopic (exact) mass is 349 g/mol. The van der Waals surface area contributed by atoms with Crippen molar-refractivity contribution in [3.8, 4) is 0 Å². The normalized spacial score (nSPS) is 10.6. The molecular formula is C16H20BrN3O. The average molecular weight is 350 g/mol. The highest BCUT2D eigenvalue weighted by Crippen LogP contribution is 2.17. The van der Waals surface area contributed by atoms with Crippen LogP contribution in [0, 0.1) is 6.92 Å². The number of carbonyl (C=O) groups is 1. The van der Waals surface area contributed by atoms with Gasteiger partial charge in [-0.15, -0.1) is 0 Å². The van der Waals surface area contributed by atoms with Crippen LogP contribution in [0.5, 0.6) is 0 Å². The molecule has 0 bridgehead atoms. The molecule has 1 aromatic heterocycles. The number of carbonyl (C=O) groups excluding carboxylic acids is 1. The number of benzene rings is 1. The zero-order valence-corrected chi connectivity index (χ0v) is 13.8. The minimum atomic E-state index is 0.0994. The van der Waals surface area contributed by atoms with Gasteiger partial charge in [-0.05, 0) is 37.0 Å². The fraction of sp³-hybridized carbons (Fsp3) is 0.375. The van der Waals surface area contributed by atoms with Crippen LogP contribution in [0.25, 0.3) is 0 Å². The molecule has 21 heavy (non-hydrogen) atoms. The molecule has 0 aliphatic carbocycles. The van der Waals surface area contributed by atoms with E-state index >= 15 is 0 Å². The van der Waals surface area contributed by atoms with E-state index in [1.165, 1.54) is 5.56 Å². The van der Waals surface area contributed by atoms with E-state index in [1.807, 2.05) is 48.3 Å². The van der Waals surface area contributed by atoms with Crippen molar-refractivity contribution in [2.75, 3.05) is 6.54 Å². The summed E-state index contributed by atoms with van der Waals surface area (Å²) in [5.41, 5.74) is 2.33. The summed E-state index contributed by atoms with van der Waals surface area (Å²) in [5.74, 6) is 0.0994. The van der Waals surface area contributed by atoms with Crippen molar-refractivity contribution in [3.63, 3.8) is 0 Å². The Balaban J connectivity index is 1.63. The van der Waals surface area contributed by atoms with Crippen LogP contribution < -0.4 is 5.32 Å². The number of rotatable bonds is 7. The molecule has 0 saturated carbocycles. The molecule has 0 radical (unpaired) electrons. The second-order valence-electron chi connectivity index (χ2n) is 5.08. The highest BCUT2D eigenvalue weighted by atomic mass is 79.9. The fourth-order valence-corrected chi connectivity index (χ4v) is 2.58. The summed E-state index contributed by atoms with van der Waals surface area (Å²) < 4.78 is 2.97. The maximum Gasteiger partial charge on any atom is 0.220 e. The highest BCUT2D eigenvalue weighted by molar-refractivity contribution is 9.10. The molecule has 1 heterocycles. The van der Waals surface area contributed by atoms with Crippen LogP contribution >= 0.6 is 15.9 Å². The van der Waals surface area contributed by atoms with E-state index in [0.29, 0.717) is 13.0 Å². The van der Waals surface area contributed by atoms with Crippen molar-refractivity contribution < 1.29 is 4.79 Å². The lowest BCUT2D eigenvalue weighted by Gasteiger charge is -2.06. The van der Waals surface area contributed by atoms with Gasteiger partial charge in [0, 0.05) is 30.2 Å². The number of nitrogens with one attached hydrogen (secondary N) is 1. The number of nitrogens with zero attached hydrogens (tertiary/aromatic N) is 2. The van der Waals surface area contributed by atoms with Gasteiger partial charge in [-0.2, -0.15) is 5.10 Å². The van der Waals surface area contributed by atoms with Crippen LogP contribution in [0.3, 0.4) is 0 Å². The number of amides is 1. The van der Waals surface area contributed by atoms with Gasteiger partial charge >= 0.3 is 0 Å². The summed E-state index contributed by atoms with van der Waals surface area (Å²) in [6.07, 6.45) is 6.02. The summed E-state index contributed by atoms with van der Waals surface area (Å²) in [6.45, 7) is 3.54. The number of aryl methyl sites for hydroxylation is 3. The van der Waals surface area contributed by atoms with Crippen LogP contribution in [0.2, 0.25) is 0 Å². The number of hydrogen-bond donors (Lipinski definition) is 1. The fourth-order valence-electron chi connectivity index (χ4n) is 2.10. The van der Waals surface area contributed by atoms with Crippen LogP contribution in [0.1, 0.15) is 24.0 Å². The molecule has 0 atom stereocenters. The Morgan fingerprint density at radius 1 is 1.38 bits per heavy atom. The van der Waals surface area contributed by atoms with Gasteiger partial charge < -0.3 is 5.32 Å². The minimum Gasteiger partial charge on any atom is -0.356 e. The molecule has 0 aliphatic heterocycles. The van der Waals surface area contributed by atoms with E-state index in [-0.39, 0.29) is 5.91 Å². The van der Waals surface area contributed by atoms with Gasteiger partial charge in [-0.3, -0.25) is 9.48 Å². The number of aromatic nitrogens is 2. The first kappa shape index (κ1) is 15.8. The first-order valence-corrected chi connectivity index (χ1v) is 7.93. The SMILES string of the molecule is Cc1cnn(CCCNC(=O)CCc2ccccc2Br)c1. The first-order valence-electron chi connectivity index (χ1n) is 7.14. The Labute approximate surface area is 133 Å². The van der Waals surface area contributed by atoms with Crippen LogP contribution in [0.15, 0.2) is 41.1 Å². The van der Waals surface area contributed by atoms with Crippen molar-refractivity contribution in [2.24, 2.45) is 0 Å². The van der Waals surface area contributed by atoms with Crippen molar-refractivity contribution >= 4 is 21.8 Å². The third-order valence-corrected chi connectivity index (χ3v) is 4.00. The van der Waals surface area contributed by atoms with Crippen molar-refractivity contribution in [1.82, 2.24) is 15.1 Å². The summed E-state index contributed by atoms with van der Waals surface area (Å²) in [7, 11) is 0. The topological polar surface area (TPSA) is 46.9 Å². The van der Waals surface area contributed by atoms with E-state index in [9.17, 15) is 4.79 Å². The molecular weight excluding hydrogens is 330 g/mol. The predicted octanol–water partition coefficient (Wildman–Crippen LogP) is 3.09. The van der Waals surface area contributed by atoms with Crippen molar-refractivity contribution in [2.45, 2.75) is 32.7 Å². The Morgan fingerprint density at radius 3 is 2.90 bits per heavy atom. The molecule has 4 nitrogen and oxygen atoms in total. The third-order valence-electron chi connectivity index (χ3n) is 3.23. The molecule has 1 N–H and O–H groups in total. The summed E-state index contributed by atoms with van der Waals surface area (Å²) in [6, 6.07) is 8.01. The van der Waals surface area contributed by atoms with Gasteiger partial charge in [0.25, 0.3) is 0 Å². The second kappa shape index (κ2) is 7.98. The molecule has 0 fully saturated rings. The lowest BCUT2D eigenvalue weighted by molar-refractivity contribution is -0.121. The minimum absolute atomic E-state index is 0.0994. The largest absolute Gasteiger partial charge is 0.356 e. The maximum absolute atomic E-state index is 11.8. The van der Waals surface area contributed by atoms with Gasteiger partial charge in [0.15, 0.2) is 0 Å². The average Bonchev–Trinajstić information content (AvgIpc) is 2.88. The van der Waals surface area contributed by atoms with E-state index in [2.05, 4.69) is 26.3 Å². The molecule has 0 unspecified atom stereocenters. The van der Waals surface area contributed by atoms with Crippen LogP contribution in [0.4, 0.5) is 0 Å². The molecule has 0 aliphatic rings. The molecule has 0 spiro atoms. The molecule has 0 saturated heterocycles. The Hall–Kier alpha value is -1.62. The molecule has 112 valence electrons. The van der Waals surface area contributed by atoms with E-state index in [1.54, 1.807) is 0 Å². The molecule has 1 aromatic carbocycles. The van der Waals surface area contributed by atoms with Crippen molar-refractivity contribution in [1.29, 1.82) is 0 Å². The quantitative estimate of drug-likeness (QED) is 0.780. The Bertz CT molecular complexity index is 595. The van der Waals surface area contributed by atoms with Gasteiger partial charge in [-0.1, -0.05) is 34.1 Å². The lowest BCUT2D eigenvalue weighted by Crippen LogP contribution is -2.25. The zero-order chi connectivity index (χ0) is 15.1. The lowest BCUT2D eigenvalue weighted by atomic mass is 10.1. The standard InChI is InChI=1S/C16H20BrN3O/c1-13-11-19-20(12-13)10-4-9-18-16(21)8-7-14-5-2-3-6-15(14)17/h2-3,5-6,11-12H,4,7-10H2,1H3,(H,18,21). The molecule has 1 amide bonds. The molecule has 2 aromatic rings. The summed E-state index contributed by atoms with van der Waals surface area (Å²) in [4.78, 5) is 11.8. The van der Waals surface area contributed by atoms with E-state index in [0.717, 1.165) is 29.4 Å².